The normalized spacial score (nSPS) is 10.2. The maximum Gasteiger partial charge on any atom is 0.339 e. The second-order valence-electron chi connectivity index (χ2n) is 3.44. The smallest absolute Gasteiger partial charge is 0.339 e. The first-order chi connectivity index (χ1) is 8.19. The van der Waals surface area contributed by atoms with Crippen LogP contribution in [0.3, 0.4) is 0 Å². The topological polar surface area (TPSA) is 61.5 Å². The third-order valence-corrected chi connectivity index (χ3v) is 3.32. The quantitative estimate of drug-likeness (QED) is 0.365. The van der Waals surface area contributed by atoms with Crippen LogP contribution in [0.5, 0.6) is 0 Å². The van der Waals surface area contributed by atoms with Crippen LogP contribution >= 0.6 is 11.8 Å². The Labute approximate surface area is 105 Å². The van der Waals surface area contributed by atoms with E-state index in [-0.39, 0.29) is 5.97 Å². The first-order valence-corrected chi connectivity index (χ1v) is 6.27. The fraction of sp³-hybridized carbons (Fsp3) is 0.417. The highest BCUT2D eigenvalue weighted by molar-refractivity contribution is 7.99. The van der Waals surface area contributed by atoms with Gasteiger partial charge in [-0.3, -0.25) is 0 Å². The van der Waals surface area contributed by atoms with Crippen molar-refractivity contribution in [3.63, 3.8) is 0 Å². The number of thioether (sulfide) groups is 1. The second-order valence-corrected chi connectivity index (χ2v) is 4.58. The van der Waals surface area contributed by atoms with Crippen molar-refractivity contribution in [2.75, 3.05) is 32.3 Å². The number of anilines is 1. The predicted molar refractivity (Wildman–Crippen MR) is 69.4 cm³/mol. The lowest BCUT2D eigenvalue weighted by atomic mass is 10.2. The Hall–Kier alpha value is -1.20. The lowest BCUT2D eigenvalue weighted by molar-refractivity contribution is 0.0597. The predicted octanol–water partition coefficient (Wildman–Crippen LogP) is 2.18. The maximum absolute atomic E-state index is 11.6. The zero-order valence-electron chi connectivity index (χ0n) is 10.1. The van der Waals surface area contributed by atoms with Crippen LogP contribution in [0, 0.1) is 0 Å². The van der Waals surface area contributed by atoms with Gasteiger partial charge in [0, 0.05) is 30.1 Å². The van der Waals surface area contributed by atoms with Gasteiger partial charge in [0.2, 0.25) is 0 Å². The molecular weight excluding hydrogens is 238 g/mol. The molecule has 4 nitrogen and oxygen atoms in total. The number of nitrogen functional groups attached to an aromatic ring is 1. The molecular formula is C12H17NO3S. The number of ether oxygens (including phenoxy) is 2. The molecule has 0 aliphatic rings. The largest absolute Gasteiger partial charge is 0.465 e. The molecule has 0 amide bonds. The Morgan fingerprint density at radius 3 is 2.82 bits per heavy atom. The van der Waals surface area contributed by atoms with Crippen molar-refractivity contribution in [1.82, 2.24) is 0 Å². The first-order valence-electron chi connectivity index (χ1n) is 5.28. The summed E-state index contributed by atoms with van der Waals surface area (Å²) in [7, 11) is 3.04. The van der Waals surface area contributed by atoms with Crippen molar-refractivity contribution in [1.29, 1.82) is 0 Å². The number of carbonyl (C=O) groups is 1. The summed E-state index contributed by atoms with van der Waals surface area (Å²) in [4.78, 5) is 12.5. The van der Waals surface area contributed by atoms with Crippen LogP contribution in [0.1, 0.15) is 16.8 Å². The molecule has 17 heavy (non-hydrogen) atoms. The molecule has 0 heterocycles. The van der Waals surface area contributed by atoms with E-state index in [1.54, 1.807) is 31.0 Å². The molecule has 0 saturated carbocycles. The number of hydrogen-bond donors (Lipinski definition) is 1. The van der Waals surface area contributed by atoms with E-state index < -0.39 is 0 Å². The van der Waals surface area contributed by atoms with E-state index in [0.717, 1.165) is 23.7 Å². The lowest BCUT2D eigenvalue weighted by Crippen LogP contribution is -2.04. The minimum Gasteiger partial charge on any atom is -0.465 e. The zero-order chi connectivity index (χ0) is 12.7. The molecule has 0 fully saturated rings. The third kappa shape index (κ3) is 4.28. The van der Waals surface area contributed by atoms with Gasteiger partial charge in [-0.1, -0.05) is 0 Å². The van der Waals surface area contributed by atoms with Gasteiger partial charge in [0.05, 0.1) is 12.7 Å². The monoisotopic (exact) mass is 255 g/mol. The van der Waals surface area contributed by atoms with Gasteiger partial charge in [0.1, 0.15) is 0 Å². The van der Waals surface area contributed by atoms with Gasteiger partial charge in [-0.05, 0) is 24.6 Å². The van der Waals surface area contributed by atoms with Gasteiger partial charge in [-0.2, -0.15) is 0 Å². The Bertz CT molecular complexity index is 382. The summed E-state index contributed by atoms with van der Waals surface area (Å²) in [6, 6.07) is 5.27. The Morgan fingerprint density at radius 2 is 2.18 bits per heavy atom. The zero-order valence-corrected chi connectivity index (χ0v) is 10.9. The molecule has 1 rings (SSSR count). The Morgan fingerprint density at radius 1 is 1.41 bits per heavy atom. The Kier molecular flexibility index (Phi) is 5.86. The molecule has 1 aromatic rings. The molecule has 0 aliphatic carbocycles. The van der Waals surface area contributed by atoms with Crippen LogP contribution in [0.25, 0.3) is 0 Å². The molecule has 0 saturated heterocycles. The average molecular weight is 255 g/mol. The number of esters is 1. The maximum atomic E-state index is 11.6. The molecule has 94 valence electrons. The van der Waals surface area contributed by atoms with Crippen LogP contribution in [0.4, 0.5) is 5.69 Å². The van der Waals surface area contributed by atoms with Crippen molar-refractivity contribution >= 4 is 23.4 Å². The molecule has 0 aliphatic heterocycles. The van der Waals surface area contributed by atoms with E-state index in [9.17, 15) is 4.79 Å². The molecule has 0 atom stereocenters. The first kappa shape index (κ1) is 13.9. The fourth-order valence-electron chi connectivity index (χ4n) is 1.33. The highest BCUT2D eigenvalue weighted by atomic mass is 32.2. The summed E-state index contributed by atoms with van der Waals surface area (Å²) in [6.45, 7) is 0.718. The molecule has 5 heteroatoms. The minimum absolute atomic E-state index is 0.355. The van der Waals surface area contributed by atoms with E-state index in [1.165, 1.54) is 7.11 Å². The van der Waals surface area contributed by atoms with Gasteiger partial charge in [0.15, 0.2) is 0 Å². The number of rotatable bonds is 6. The number of hydrogen-bond acceptors (Lipinski definition) is 5. The van der Waals surface area contributed by atoms with E-state index in [1.807, 2.05) is 6.07 Å². The van der Waals surface area contributed by atoms with Crippen LogP contribution in [0.15, 0.2) is 23.1 Å². The van der Waals surface area contributed by atoms with Gasteiger partial charge in [-0.25, -0.2) is 4.79 Å². The van der Waals surface area contributed by atoms with E-state index in [2.05, 4.69) is 0 Å². The molecule has 0 radical (unpaired) electrons. The Balaban J connectivity index is 2.72. The number of benzene rings is 1. The highest BCUT2D eigenvalue weighted by Gasteiger charge is 2.12. The summed E-state index contributed by atoms with van der Waals surface area (Å²) >= 11 is 1.60. The van der Waals surface area contributed by atoms with Gasteiger partial charge < -0.3 is 15.2 Å². The molecule has 0 spiro atoms. The van der Waals surface area contributed by atoms with Crippen molar-refractivity contribution < 1.29 is 14.3 Å². The lowest BCUT2D eigenvalue weighted by Gasteiger charge is -2.08. The summed E-state index contributed by atoms with van der Waals surface area (Å²) in [5.41, 5.74) is 6.74. The molecule has 0 aromatic heterocycles. The van der Waals surface area contributed by atoms with Gasteiger partial charge in [0.25, 0.3) is 0 Å². The van der Waals surface area contributed by atoms with Crippen molar-refractivity contribution in [2.24, 2.45) is 0 Å². The second kappa shape index (κ2) is 7.19. The third-order valence-electron chi connectivity index (χ3n) is 2.16. The molecule has 1 aromatic carbocycles. The van der Waals surface area contributed by atoms with Crippen LogP contribution in [-0.2, 0) is 9.47 Å². The standard InChI is InChI=1S/C12H17NO3S/c1-15-6-3-7-17-11-5-4-9(13)8-10(11)12(14)16-2/h4-5,8H,3,6-7,13H2,1-2H3. The fourth-order valence-corrected chi connectivity index (χ4v) is 2.27. The number of methoxy groups -OCH3 is 2. The van der Waals surface area contributed by atoms with Gasteiger partial charge in [-0.15, -0.1) is 11.8 Å². The van der Waals surface area contributed by atoms with Crippen molar-refractivity contribution in [2.45, 2.75) is 11.3 Å². The van der Waals surface area contributed by atoms with Crippen molar-refractivity contribution in [3.8, 4) is 0 Å². The van der Waals surface area contributed by atoms with Gasteiger partial charge >= 0.3 is 5.97 Å². The summed E-state index contributed by atoms with van der Waals surface area (Å²) < 4.78 is 9.70. The summed E-state index contributed by atoms with van der Waals surface area (Å²) in [6.07, 6.45) is 0.937. The van der Waals surface area contributed by atoms with Crippen LogP contribution < -0.4 is 5.73 Å². The summed E-state index contributed by atoms with van der Waals surface area (Å²) in [5, 5.41) is 0. The van der Waals surface area contributed by atoms with Crippen LogP contribution in [-0.4, -0.2) is 32.5 Å². The SMILES string of the molecule is COCCCSc1ccc(N)cc1C(=O)OC. The van der Waals surface area contributed by atoms with Crippen LogP contribution in [0.2, 0.25) is 0 Å². The highest BCUT2D eigenvalue weighted by Crippen LogP contribution is 2.26. The number of nitrogens with two attached hydrogens (primary N) is 1. The van der Waals surface area contributed by atoms with E-state index in [4.69, 9.17) is 15.2 Å². The minimum atomic E-state index is -0.355. The summed E-state index contributed by atoms with van der Waals surface area (Å²) in [5.74, 6) is 0.536. The van der Waals surface area contributed by atoms with Crippen molar-refractivity contribution in [3.05, 3.63) is 23.8 Å². The molecule has 0 unspecified atom stereocenters. The average Bonchev–Trinajstić information content (AvgIpc) is 2.35. The van der Waals surface area contributed by atoms with E-state index in [0.29, 0.717) is 11.3 Å². The van der Waals surface area contributed by atoms with E-state index >= 15 is 0 Å². The molecule has 0 bridgehead atoms. The molecule has 2 N–H and O–H groups in total. The number of carbonyl (C=O) groups excluding carboxylic acids is 1.